The lowest BCUT2D eigenvalue weighted by Crippen LogP contribution is -2.14. The van der Waals surface area contributed by atoms with Gasteiger partial charge in [-0.1, -0.05) is 0 Å². The molecule has 2 N–H and O–H groups in total. The normalized spacial score (nSPS) is 11.0. The van der Waals surface area contributed by atoms with E-state index in [9.17, 15) is 27.6 Å². The lowest BCUT2D eigenvalue weighted by Gasteiger charge is -2.07. The van der Waals surface area contributed by atoms with Crippen molar-refractivity contribution in [1.29, 1.82) is 0 Å². The molecule has 0 fully saturated rings. The maximum Gasteiger partial charge on any atom is 0.436 e. The number of rotatable bonds is 4. The fraction of sp³-hybridized carbons (Fsp3) is 0.143. The number of hydrogen-bond acceptors (Lipinski definition) is 6. The minimum Gasteiger partial charge on any atom is -0.478 e. The Morgan fingerprint density at radius 2 is 1.84 bits per heavy atom. The molecule has 11 heteroatoms. The van der Waals surface area contributed by atoms with Gasteiger partial charge in [-0.15, -0.1) is 0 Å². The Hall–Kier alpha value is -3.37. The van der Waals surface area contributed by atoms with Crippen LogP contribution in [0.15, 0.2) is 28.9 Å². The maximum atomic E-state index is 12.4. The summed E-state index contributed by atoms with van der Waals surface area (Å²) in [6.45, 7) is 1.07. The fourth-order valence-electron chi connectivity index (χ4n) is 1.71. The molecule has 1 aromatic heterocycles. The molecule has 0 aliphatic carbocycles. The SMILES string of the molecule is CC(=O)Oc1cc(C(=O)O)cc(C(=O)Nc2nc(C(F)(F)F)co2)c1. The van der Waals surface area contributed by atoms with E-state index in [1.807, 2.05) is 5.32 Å². The summed E-state index contributed by atoms with van der Waals surface area (Å²) in [6, 6.07) is 2.26. The van der Waals surface area contributed by atoms with Crippen molar-refractivity contribution in [2.75, 3.05) is 5.32 Å². The Kier molecular flexibility index (Phi) is 4.77. The zero-order valence-corrected chi connectivity index (χ0v) is 12.4. The number of anilines is 1. The zero-order chi connectivity index (χ0) is 18.8. The summed E-state index contributed by atoms with van der Waals surface area (Å²) in [7, 11) is 0. The molecule has 0 saturated carbocycles. The van der Waals surface area contributed by atoms with Crippen LogP contribution in [0.1, 0.15) is 33.3 Å². The topological polar surface area (TPSA) is 119 Å². The summed E-state index contributed by atoms with van der Waals surface area (Å²) in [5.41, 5.74) is -2.00. The molecule has 0 aliphatic rings. The van der Waals surface area contributed by atoms with Crippen molar-refractivity contribution >= 4 is 23.9 Å². The highest BCUT2D eigenvalue weighted by Gasteiger charge is 2.35. The van der Waals surface area contributed by atoms with Gasteiger partial charge in [-0.05, 0) is 18.2 Å². The average molecular weight is 358 g/mol. The highest BCUT2D eigenvalue weighted by Crippen LogP contribution is 2.29. The van der Waals surface area contributed by atoms with Crippen LogP contribution in [-0.4, -0.2) is 27.9 Å². The van der Waals surface area contributed by atoms with E-state index in [1.165, 1.54) is 0 Å². The standard InChI is InChI=1S/C14H9F3N2O6/c1-6(20)25-9-3-7(2-8(4-9)12(22)23)11(21)19-13-18-10(5-24-13)14(15,16)17/h2-5H,1H3,(H,22,23)(H,18,19,21). The lowest BCUT2D eigenvalue weighted by molar-refractivity contribution is -0.141. The number of aromatic carboxylic acids is 1. The molecule has 1 heterocycles. The van der Waals surface area contributed by atoms with Gasteiger partial charge in [0.25, 0.3) is 5.91 Å². The highest BCUT2D eigenvalue weighted by molar-refractivity contribution is 6.05. The number of hydrogen-bond donors (Lipinski definition) is 2. The third-order valence-electron chi connectivity index (χ3n) is 2.69. The highest BCUT2D eigenvalue weighted by atomic mass is 19.4. The number of amides is 1. The molecule has 0 aliphatic heterocycles. The molecule has 1 amide bonds. The van der Waals surface area contributed by atoms with Crippen LogP contribution in [-0.2, 0) is 11.0 Å². The van der Waals surface area contributed by atoms with Crippen molar-refractivity contribution in [3.63, 3.8) is 0 Å². The number of carbonyl (C=O) groups excluding carboxylic acids is 2. The molecular formula is C14H9F3N2O6. The predicted molar refractivity (Wildman–Crippen MR) is 74.2 cm³/mol. The zero-order valence-electron chi connectivity index (χ0n) is 12.4. The molecule has 0 spiro atoms. The third-order valence-corrected chi connectivity index (χ3v) is 2.69. The number of aromatic nitrogens is 1. The number of nitrogens with zero attached hydrogens (tertiary/aromatic N) is 1. The minimum absolute atomic E-state index is 0.221. The minimum atomic E-state index is -4.75. The number of oxazole rings is 1. The van der Waals surface area contributed by atoms with Gasteiger partial charge in [-0.3, -0.25) is 14.9 Å². The van der Waals surface area contributed by atoms with Gasteiger partial charge in [0.15, 0.2) is 5.69 Å². The van der Waals surface area contributed by atoms with Gasteiger partial charge in [-0.2, -0.15) is 18.2 Å². The summed E-state index contributed by atoms with van der Waals surface area (Å²) in [5, 5.41) is 11.0. The molecular weight excluding hydrogens is 349 g/mol. The Labute approximate surface area is 137 Å². The van der Waals surface area contributed by atoms with Gasteiger partial charge >= 0.3 is 24.1 Å². The Balaban J connectivity index is 2.28. The molecule has 0 radical (unpaired) electrons. The first-order valence-corrected chi connectivity index (χ1v) is 6.47. The second kappa shape index (κ2) is 6.63. The van der Waals surface area contributed by atoms with E-state index in [0.717, 1.165) is 25.1 Å². The summed E-state index contributed by atoms with van der Waals surface area (Å²) >= 11 is 0. The number of carboxylic acid groups (broad SMARTS) is 1. The van der Waals surface area contributed by atoms with Crippen molar-refractivity contribution in [3.8, 4) is 5.75 Å². The van der Waals surface area contributed by atoms with E-state index in [0.29, 0.717) is 6.26 Å². The number of alkyl halides is 3. The molecule has 25 heavy (non-hydrogen) atoms. The molecule has 2 rings (SSSR count). The number of nitrogens with one attached hydrogen (secondary N) is 1. The van der Waals surface area contributed by atoms with Gasteiger partial charge in [-0.25, -0.2) is 4.79 Å². The fourth-order valence-corrected chi connectivity index (χ4v) is 1.71. The molecule has 2 aromatic rings. The van der Waals surface area contributed by atoms with E-state index >= 15 is 0 Å². The summed E-state index contributed by atoms with van der Waals surface area (Å²) in [6.07, 6.45) is -4.44. The van der Waals surface area contributed by atoms with E-state index in [4.69, 9.17) is 9.84 Å². The van der Waals surface area contributed by atoms with Crippen molar-refractivity contribution < 1.29 is 41.8 Å². The third kappa shape index (κ3) is 4.56. The first kappa shape index (κ1) is 18.0. The van der Waals surface area contributed by atoms with Crippen LogP contribution in [0.5, 0.6) is 5.75 Å². The quantitative estimate of drug-likeness (QED) is 0.637. The van der Waals surface area contributed by atoms with Crippen LogP contribution in [0.3, 0.4) is 0 Å². The first-order chi connectivity index (χ1) is 11.6. The lowest BCUT2D eigenvalue weighted by atomic mass is 10.1. The number of carboxylic acids is 1. The van der Waals surface area contributed by atoms with Crippen molar-refractivity contribution in [2.24, 2.45) is 0 Å². The predicted octanol–water partition coefficient (Wildman–Crippen LogP) is 2.57. The van der Waals surface area contributed by atoms with Crippen LogP contribution >= 0.6 is 0 Å². The second-order valence-electron chi connectivity index (χ2n) is 4.63. The number of esters is 1. The van der Waals surface area contributed by atoms with Gasteiger partial charge in [0, 0.05) is 12.5 Å². The van der Waals surface area contributed by atoms with Crippen LogP contribution in [0, 0.1) is 0 Å². The van der Waals surface area contributed by atoms with Gasteiger partial charge in [0.05, 0.1) is 5.56 Å². The Morgan fingerprint density at radius 3 is 2.36 bits per heavy atom. The van der Waals surface area contributed by atoms with E-state index in [-0.39, 0.29) is 16.9 Å². The van der Waals surface area contributed by atoms with Crippen molar-refractivity contribution in [1.82, 2.24) is 4.98 Å². The van der Waals surface area contributed by atoms with Crippen LogP contribution in [0.25, 0.3) is 0 Å². The van der Waals surface area contributed by atoms with E-state index < -0.39 is 35.7 Å². The largest absolute Gasteiger partial charge is 0.478 e. The Bertz CT molecular complexity index is 843. The molecule has 1 aromatic carbocycles. The second-order valence-corrected chi connectivity index (χ2v) is 4.63. The molecule has 0 atom stereocenters. The van der Waals surface area contributed by atoms with Crippen LogP contribution < -0.4 is 10.1 Å². The first-order valence-electron chi connectivity index (χ1n) is 6.47. The van der Waals surface area contributed by atoms with Gasteiger partial charge in [0.1, 0.15) is 12.0 Å². The Morgan fingerprint density at radius 1 is 1.20 bits per heavy atom. The summed E-state index contributed by atoms with van der Waals surface area (Å²) in [4.78, 5) is 37.1. The monoisotopic (exact) mass is 358 g/mol. The van der Waals surface area contributed by atoms with Crippen LogP contribution in [0.4, 0.5) is 19.2 Å². The number of benzene rings is 1. The van der Waals surface area contributed by atoms with Crippen molar-refractivity contribution in [3.05, 3.63) is 41.3 Å². The van der Waals surface area contributed by atoms with E-state index in [1.54, 1.807) is 0 Å². The summed E-state index contributed by atoms with van der Waals surface area (Å²) in [5.74, 6) is -3.39. The molecule has 8 nitrogen and oxygen atoms in total. The van der Waals surface area contributed by atoms with Crippen molar-refractivity contribution in [2.45, 2.75) is 13.1 Å². The molecule has 0 saturated heterocycles. The summed E-state index contributed by atoms with van der Waals surface area (Å²) < 4.78 is 46.5. The maximum absolute atomic E-state index is 12.4. The molecule has 0 unspecified atom stereocenters. The van der Waals surface area contributed by atoms with Gasteiger partial charge in [0.2, 0.25) is 0 Å². The average Bonchev–Trinajstić information content (AvgIpc) is 2.94. The number of halogens is 3. The number of ether oxygens (including phenoxy) is 1. The van der Waals surface area contributed by atoms with Gasteiger partial charge < -0.3 is 14.3 Å². The van der Waals surface area contributed by atoms with E-state index in [2.05, 4.69) is 9.40 Å². The molecule has 0 bridgehead atoms. The van der Waals surface area contributed by atoms with Crippen LogP contribution in [0.2, 0.25) is 0 Å². The smallest absolute Gasteiger partial charge is 0.436 e. The number of carbonyl (C=O) groups is 3. The molecule has 132 valence electrons.